The number of hydrogen-bond donors (Lipinski definition) is 0. The number of halogens is 3. The molecular weight excluding hydrogens is 676 g/mol. The molecule has 8 aromatic rings. The number of fused-ring (bicyclic) bond motifs is 4. The predicted octanol–water partition coefficient (Wildman–Crippen LogP) is 11.4. The molecule has 9 heteroatoms. The molecule has 0 heterocycles. The van der Waals surface area contributed by atoms with Gasteiger partial charge in [0.15, 0.2) is 14.2 Å². The summed E-state index contributed by atoms with van der Waals surface area (Å²) < 4.78 is 85.0. The lowest BCUT2D eigenvalue weighted by atomic mass is 9.83. The van der Waals surface area contributed by atoms with Crippen molar-refractivity contribution in [3.05, 3.63) is 146 Å². The van der Waals surface area contributed by atoms with Gasteiger partial charge in [0.2, 0.25) is 0 Å². The normalized spacial score (nSPS) is 12.3. The Labute approximate surface area is 286 Å². The van der Waals surface area contributed by atoms with Crippen LogP contribution in [-0.4, -0.2) is 13.9 Å². The first-order chi connectivity index (χ1) is 24.1. The van der Waals surface area contributed by atoms with Gasteiger partial charge in [-0.05, 0) is 78.0 Å². The number of rotatable bonds is 6. The highest BCUT2D eigenvalue weighted by molar-refractivity contribution is 7.88. The first-order valence-corrected chi connectivity index (χ1v) is 17.8. The van der Waals surface area contributed by atoms with Crippen LogP contribution < -0.4 is 9.49 Å². The monoisotopic (exact) mass is 700 g/mol. The Morgan fingerprint density at radius 2 is 0.940 bits per heavy atom. The van der Waals surface area contributed by atoms with Crippen molar-refractivity contribution in [2.45, 2.75) is 5.51 Å². The third-order valence-corrected chi connectivity index (χ3v) is 10.6. The molecule has 0 N–H and O–H groups in total. The Kier molecular flexibility index (Phi) is 7.66. The minimum atomic E-state index is -6.06. The summed E-state index contributed by atoms with van der Waals surface area (Å²) in [7, 11) is -6.50. The van der Waals surface area contributed by atoms with E-state index in [2.05, 4.69) is 6.07 Å². The molecule has 0 aliphatic carbocycles. The van der Waals surface area contributed by atoms with Crippen LogP contribution in [0.2, 0.25) is 0 Å². The van der Waals surface area contributed by atoms with Crippen LogP contribution in [0.5, 0.6) is 5.75 Å². The summed E-state index contributed by atoms with van der Waals surface area (Å²) in [5.41, 5.74) is -2.36. The van der Waals surface area contributed by atoms with Gasteiger partial charge in [0, 0.05) is 16.7 Å². The fourth-order valence-corrected chi connectivity index (χ4v) is 7.91. The van der Waals surface area contributed by atoms with E-state index in [0.29, 0.717) is 27.3 Å². The number of hydrogen-bond acceptors (Lipinski definition) is 4. The van der Waals surface area contributed by atoms with E-state index in [-0.39, 0.29) is 10.9 Å². The maximum Gasteiger partial charge on any atom is 0.534 e. The molecule has 0 bridgehead atoms. The molecule has 0 aromatic heterocycles. The van der Waals surface area contributed by atoms with E-state index in [1.807, 2.05) is 91.0 Å². The number of benzene rings is 8. The van der Waals surface area contributed by atoms with Gasteiger partial charge in [-0.25, -0.2) is 0 Å². The lowest BCUT2D eigenvalue weighted by molar-refractivity contribution is -0.0499. The second kappa shape index (κ2) is 12.1. The second-order valence-corrected chi connectivity index (χ2v) is 14.0. The van der Waals surface area contributed by atoms with Crippen molar-refractivity contribution in [3.63, 3.8) is 0 Å². The van der Waals surface area contributed by atoms with Crippen molar-refractivity contribution >= 4 is 67.0 Å². The van der Waals surface area contributed by atoms with Gasteiger partial charge in [0.25, 0.3) is 0 Å². The third-order valence-electron chi connectivity index (χ3n) is 8.98. The topological polar surface area (TPSA) is 60.4 Å². The minimum absolute atomic E-state index is 0.0811. The summed E-state index contributed by atoms with van der Waals surface area (Å²) >= 11 is 0. The van der Waals surface area contributed by atoms with Crippen LogP contribution in [0.25, 0.3) is 76.5 Å². The Morgan fingerprint density at radius 1 is 0.480 bits per heavy atom. The molecule has 0 aliphatic rings. The van der Waals surface area contributed by atoms with Crippen molar-refractivity contribution in [1.82, 2.24) is 0 Å². The van der Waals surface area contributed by atoms with Crippen molar-refractivity contribution in [3.8, 4) is 39.1 Å². The summed E-state index contributed by atoms with van der Waals surface area (Å²) in [5, 5.41) is 6.57. The molecule has 0 saturated heterocycles. The zero-order valence-electron chi connectivity index (χ0n) is 26.0. The fraction of sp³-hybridized carbons (Fsp3) is 0.0244. The molecule has 0 spiro atoms. The highest BCUT2D eigenvalue weighted by Crippen LogP contribution is 2.48. The van der Waals surface area contributed by atoms with Crippen LogP contribution in [0.1, 0.15) is 0 Å². The molecule has 0 saturated carbocycles. The second-order valence-electron chi connectivity index (χ2n) is 11.9. The van der Waals surface area contributed by atoms with Gasteiger partial charge in [-0.15, -0.1) is 0 Å². The SMILES string of the molecule is O=Pc1c(-c2ccc3ccccc3c2)c(-c2ccc3ccccc3c2)c2ccccc2c1-c1c(OS(=O)(=O)C(F)(F)F)ccc2ccccc12. The average molecular weight is 701 g/mol. The molecule has 0 unspecified atom stereocenters. The Balaban J connectivity index is 1.57. The van der Waals surface area contributed by atoms with Gasteiger partial charge in [-0.3, -0.25) is 4.57 Å². The summed E-state index contributed by atoms with van der Waals surface area (Å²) in [6, 6.07) is 44.8. The Morgan fingerprint density at radius 3 is 1.50 bits per heavy atom. The molecule has 4 nitrogen and oxygen atoms in total. The third kappa shape index (κ3) is 5.28. The zero-order valence-corrected chi connectivity index (χ0v) is 27.7. The minimum Gasteiger partial charge on any atom is -0.375 e. The first kappa shape index (κ1) is 31.7. The zero-order chi connectivity index (χ0) is 34.6. The van der Waals surface area contributed by atoms with Gasteiger partial charge < -0.3 is 4.18 Å². The van der Waals surface area contributed by atoms with Gasteiger partial charge >= 0.3 is 15.6 Å². The standard InChI is InChI=1S/C41H24F3O4PS/c42-41(43,44)50(46,47)48-35-22-21-27-11-5-6-14-32(27)38(35)39-34-16-8-7-15-33(34)36(30-19-17-25-9-1-3-12-28(25)23-30)37(40(39)49-45)31-20-18-26-10-2-4-13-29(26)24-31/h1-24H. The quantitative estimate of drug-likeness (QED) is 0.0984. The maximum atomic E-state index is 13.8. The van der Waals surface area contributed by atoms with Crippen LogP contribution in [0.3, 0.4) is 0 Å². The molecule has 0 aliphatic heterocycles. The molecular formula is C41H24F3O4PS. The van der Waals surface area contributed by atoms with Gasteiger partial charge in [-0.2, -0.15) is 21.6 Å². The summed E-state index contributed by atoms with van der Waals surface area (Å²) in [5.74, 6) is -0.529. The molecule has 244 valence electrons. The predicted molar refractivity (Wildman–Crippen MR) is 196 cm³/mol. The van der Waals surface area contributed by atoms with Crippen molar-refractivity contribution < 1.29 is 30.3 Å². The lowest BCUT2D eigenvalue weighted by Gasteiger charge is -2.23. The van der Waals surface area contributed by atoms with E-state index in [9.17, 15) is 26.2 Å². The molecule has 0 amide bonds. The van der Waals surface area contributed by atoms with Gasteiger partial charge in [0.1, 0.15) is 0 Å². The first-order valence-electron chi connectivity index (χ1n) is 15.6. The summed E-state index contributed by atoms with van der Waals surface area (Å²) in [4.78, 5) is 0. The van der Waals surface area contributed by atoms with Gasteiger partial charge in [0.05, 0.1) is 5.30 Å². The number of alkyl halides is 3. The van der Waals surface area contributed by atoms with E-state index >= 15 is 0 Å². The lowest BCUT2D eigenvalue weighted by Crippen LogP contribution is -2.28. The molecule has 0 atom stereocenters. The highest BCUT2D eigenvalue weighted by Gasteiger charge is 2.49. The highest BCUT2D eigenvalue weighted by atomic mass is 32.2. The van der Waals surface area contributed by atoms with Crippen molar-refractivity contribution in [1.29, 1.82) is 0 Å². The van der Waals surface area contributed by atoms with Crippen molar-refractivity contribution in [2.75, 3.05) is 0 Å². The summed E-state index contributed by atoms with van der Waals surface area (Å²) in [6.07, 6.45) is 0. The van der Waals surface area contributed by atoms with E-state index in [1.165, 1.54) is 12.1 Å². The Bertz CT molecular complexity index is 2780. The van der Waals surface area contributed by atoms with E-state index in [0.717, 1.165) is 43.6 Å². The molecule has 50 heavy (non-hydrogen) atoms. The maximum absolute atomic E-state index is 13.8. The molecule has 0 fully saturated rings. The van der Waals surface area contributed by atoms with Crippen LogP contribution in [-0.2, 0) is 14.7 Å². The van der Waals surface area contributed by atoms with Crippen LogP contribution in [0.4, 0.5) is 13.2 Å². The van der Waals surface area contributed by atoms with Crippen LogP contribution >= 0.6 is 8.46 Å². The Hall–Kier alpha value is -5.56. The van der Waals surface area contributed by atoms with Crippen molar-refractivity contribution in [2.24, 2.45) is 0 Å². The smallest absolute Gasteiger partial charge is 0.375 e. The van der Waals surface area contributed by atoms with E-state index < -0.39 is 29.8 Å². The van der Waals surface area contributed by atoms with Gasteiger partial charge in [-0.1, -0.05) is 127 Å². The van der Waals surface area contributed by atoms with E-state index in [1.54, 1.807) is 36.4 Å². The fourth-order valence-electron chi connectivity index (χ4n) is 6.78. The average Bonchev–Trinajstić information content (AvgIpc) is 3.13. The largest absolute Gasteiger partial charge is 0.534 e. The summed E-state index contributed by atoms with van der Waals surface area (Å²) in [6.45, 7) is 0. The molecule has 0 radical (unpaired) electrons. The molecule has 8 rings (SSSR count). The van der Waals surface area contributed by atoms with E-state index in [4.69, 9.17) is 4.18 Å². The van der Waals surface area contributed by atoms with Crippen LogP contribution in [0, 0.1) is 0 Å². The molecule has 8 aromatic carbocycles. The van der Waals surface area contributed by atoms with Crippen LogP contribution in [0.15, 0.2) is 146 Å².